The van der Waals surface area contributed by atoms with Gasteiger partial charge >= 0.3 is 0 Å². The quantitative estimate of drug-likeness (QED) is 0.487. The van der Waals surface area contributed by atoms with Crippen LogP contribution in [0.1, 0.15) is 56.7 Å². The Bertz CT molecular complexity index is 824. The summed E-state index contributed by atoms with van der Waals surface area (Å²) in [4.78, 5) is 0. The van der Waals surface area contributed by atoms with Crippen LogP contribution in [0.25, 0.3) is 16.3 Å². The molecule has 0 amide bonds. The third kappa shape index (κ3) is 3.93. The zero-order chi connectivity index (χ0) is 16.8. The van der Waals surface area contributed by atoms with Crippen molar-refractivity contribution < 1.29 is 28.5 Å². The van der Waals surface area contributed by atoms with E-state index in [1.165, 1.54) is 50.3 Å². The highest BCUT2D eigenvalue weighted by atomic mass is 127. The van der Waals surface area contributed by atoms with Crippen molar-refractivity contribution in [3.8, 4) is 0 Å². The maximum atomic E-state index is 2.46. The van der Waals surface area contributed by atoms with Crippen LogP contribution < -0.4 is 28.5 Å². The van der Waals surface area contributed by atoms with E-state index in [1.54, 1.807) is 0 Å². The molecule has 0 saturated heterocycles. The van der Waals surface area contributed by atoms with Crippen LogP contribution in [0.5, 0.6) is 0 Å². The van der Waals surface area contributed by atoms with Gasteiger partial charge in [0.05, 0.1) is 0 Å². The summed E-state index contributed by atoms with van der Waals surface area (Å²) in [5, 5.41) is 1.38. The highest BCUT2D eigenvalue weighted by molar-refractivity contribution is 7.18. The van der Waals surface area contributed by atoms with E-state index in [-0.39, 0.29) is 24.0 Å². The standard InChI is InChI=1S/C21H28NS.HI/c1-7-22-18-9-15(3)16(4)10-19(18)23-20(22)11-17-8-14(2)12-21(5,6)13-17;/h8-11H,7,12-13H2,1-6H3;1H/q+1;/p-1. The Morgan fingerprint density at radius 3 is 2.42 bits per heavy atom. The molecule has 3 heteroatoms. The van der Waals surface area contributed by atoms with E-state index in [1.807, 2.05) is 11.3 Å². The van der Waals surface area contributed by atoms with Crippen LogP contribution in [0, 0.1) is 19.3 Å². The van der Waals surface area contributed by atoms with E-state index in [2.05, 4.69) is 70.4 Å². The molecule has 0 saturated carbocycles. The second-order valence-electron chi connectivity index (χ2n) is 7.82. The summed E-state index contributed by atoms with van der Waals surface area (Å²) < 4.78 is 3.86. The Morgan fingerprint density at radius 1 is 1.12 bits per heavy atom. The van der Waals surface area contributed by atoms with E-state index in [4.69, 9.17) is 0 Å². The first-order chi connectivity index (χ1) is 10.8. The molecule has 0 unspecified atom stereocenters. The van der Waals surface area contributed by atoms with Gasteiger partial charge in [0, 0.05) is 12.1 Å². The first-order valence-electron chi connectivity index (χ1n) is 8.60. The van der Waals surface area contributed by atoms with Crippen LogP contribution in [0.4, 0.5) is 0 Å². The normalized spacial score (nSPS) is 18.6. The molecule has 0 atom stereocenters. The molecule has 24 heavy (non-hydrogen) atoms. The largest absolute Gasteiger partial charge is 1.00 e. The molecule has 0 bridgehead atoms. The topological polar surface area (TPSA) is 3.88 Å². The zero-order valence-electron chi connectivity index (χ0n) is 15.7. The highest BCUT2D eigenvalue weighted by Crippen LogP contribution is 2.38. The van der Waals surface area contributed by atoms with E-state index < -0.39 is 0 Å². The number of rotatable bonds is 2. The van der Waals surface area contributed by atoms with Gasteiger partial charge in [-0.15, -0.1) is 0 Å². The molecule has 0 spiro atoms. The van der Waals surface area contributed by atoms with Crippen LogP contribution in [0.15, 0.2) is 29.4 Å². The maximum absolute atomic E-state index is 2.46. The Hall–Kier alpha value is -0.680. The number of hydrogen-bond acceptors (Lipinski definition) is 1. The first-order valence-corrected chi connectivity index (χ1v) is 9.42. The number of halogens is 1. The summed E-state index contributed by atoms with van der Waals surface area (Å²) in [5.41, 5.74) is 7.50. The van der Waals surface area contributed by atoms with Crippen molar-refractivity contribution >= 4 is 27.6 Å². The average molecular weight is 453 g/mol. The van der Waals surface area contributed by atoms with E-state index in [9.17, 15) is 0 Å². The zero-order valence-corrected chi connectivity index (χ0v) is 18.6. The molecule has 3 rings (SSSR count). The average Bonchev–Trinajstić information content (AvgIpc) is 2.73. The van der Waals surface area contributed by atoms with Gasteiger partial charge in [-0.05, 0) is 68.7 Å². The van der Waals surface area contributed by atoms with Gasteiger partial charge in [0.1, 0.15) is 11.2 Å². The number of aromatic nitrogens is 1. The third-order valence-corrected chi connectivity index (χ3v) is 5.94. The van der Waals surface area contributed by atoms with Gasteiger partial charge in [-0.2, -0.15) is 4.57 Å². The Balaban J connectivity index is 0.00000208. The van der Waals surface area contributed by atoms with Gasteiger partial charge in [-0.3, -0.25) is 0 Å². The molecule has 0 fully saturated rings. The summed E-state index contributed by atoms with van der Waals surface area (Å²) in [7, 11) is 0. The fraction of sp³-hybridized carbons (Fsp3) is 0.476. The van der Waals surface area contributed by atoms with Gasteiger partial charge < -0.3 is 24.0 Å². The molecule has 1 aliphatic carbocycles. The highest BCUT2D eigenvalue weighted by Gasteiger charge is 2.25. The molecule has 130 valence electrons. The third-order valence-electron chi connectivity index (χ3n) is 4.84. The molecule has 1 aromatic carbocycles. The molecule has 0 N–H and O–H groups in total. The molecule has 1 heterocycles. The fourth-order valence-electron chi connectivity index (χ4n) is 3.83. The van der Waals surface area contributed by atoms with Crippen molar-refractivity contribution in [2.24, 2.45) is 5.41 Å². The maximum Gasteiger partial charge on any atom is 0.263 e. The molecule has 0 aliphatic heterocycles. The summed E-state index contributed by atoms with van der Waals surface area (Å²) in [6.07, 6.45) is 7.19. The minimum atomic E-state index is 0. The first kappa shape index (κ1) is 19.6. The van der Waals surface area contributed by atoms with Crippen molar-refractivity contribution in [3.05, 3.63) is 45.5 Å². The lowest BCUT2D eigenvalue weighted by atomic mass is 9.75. The molecule has 1 aromatic heterocycles. The molecule has 1 nitrogen and oxygen atoms in total. The van der Waals surface area contributed by atoms with Gasteiger partial charge in [0.2, 0.25) is 5.52 Å². The second kappa shape index (κ2) is 7.28. The minimum absolute atomic E-state index is 0. The number of allylic oxidation sites excluding steroid dienone is 3. The van der Waals surface area contributed by atoms with Crippen LogP contribution in [0.2, 0.25) is 0 Å². The minimum Gasteiger partial charge on any atom is -1.00 e. The van der Waals surface area contributed by atoms with E-state index >= 15 is 0 Å². The van der Waals surface area contributed by atoms with Gasteiger partial charge in [-0.25, -0.2) is 0 Å². The van der Waals surface area contributed by atoms with Crippen LogP contribution in [0.3, 0.4) is 0 Å². The van der Waals surface area contributed by atoms with Crippen molar-refractivity contribution in [1.82, 2.24) is 0 Å². The smallest absolute Gasteiger partial charge is 0.263 e. The number of thiazole rings is 1. The van der Waals surface area contributed by atoms with E-state index in [0.717, 1.165) is 6.54 Å². The Labute approximate surface area is 167 Å². The number of nitrogens with zero attached hydrogens (tertiary/aromatic N) is 1. The van der Waals surface area contributed by atoms with Crippen LogP contribution in [-0.2, 0) is 6.54 Å². The van der Waals surface area contributed by atoms with Crippen molar-refractivity contribution in [2.45, 2.75) is 60.9 Å². The van der Waals surface area contributed by atoms with Gasteiger partial charge in [0.15, 0.2) is 0 Å². The summed E-state index contributed by atoms with van der Waals surface area (Å²) >= 11 is 1.92. The second-order valence-corrected chi connectivity index (χ2v) is 8.88. The number of fused-ring (bicyclic) bond motifs is 1. The number of aryl methyl sites for hydroxylation is 3. The fourth-order valence-corrected chi connectivity index (χ4v) is 5.11. The van der Waals surface area contributed by atoms with E-state index in [0.29, 0.717) is 5.41 Å². The summed E-state index contributed by atoms with van der Waals surface area (Å²) in [6, 6.07) is 4.69. The molecule has 2 aromatic rings. The Kier molecular flexibility index (Phi) is 5.96. The monoisotopic (exact) mass is 453 g/mol. The van der Waals surface area contributed by atoms with Crippen molar-refractivity contribution in [3.63, 3.8) is 0 Å². The number of hydrogen-bond donors (Lipinski definition) is 0. The predicted molar refractivity (Wildman–Crippen MR) is 102 cm³/mol. The summed E-state index contributed by atoms with van der Waals surface area (Å²) in [6.45, 7) is 14.7. The summed E-state index contributed by atoms with van der Waals surface area (Å²) in [5.74, 6) is 0. The predicted octanol–water partition coefficient (Wildman–Crippen LogP) is 2.98. The van der Waals surface area contributed by atoms with Crippen LogP contribution >= 0.6 is 11.3 Å². The SMILES string of the molecule is CC[n+]1c(C=C2C=C(C)CC(C)(C)C2)sc2cc(C)c(C)cc21.[I-]. The van der Waals surface area contributed by atoms with Gasteiger partial charge in [-0.1, -0.05) is 36.8 Å². The number of benzene rings is 1. The molecule has 0 radical (unpaired) electrons. The van der Waals surface area contributed by atoms with Crippen molar-refractivity contribution in [1.29, 1.82) is 0 Å². The molecular formula is C21H28INS. The molecule has 1 aliphatic rings. The molecular weight excluding hydrogens is 425 g/mol. The van der Waals surface area contributed by atoms with Gasteiger partial charge in [0.25, 0.3) is 5.01 Å². The lowest BCUT2D eigenvalue weighted by Gasteiger charge is -2.29. The lowest BCUT2D eigenvalue weighted by molar-refractivity contribution is -0.665. The van der Waals surface area contributed by atoms with Crippen molar-refractivity contribution in [2.75, 3.05) is 0 Å². The van der Waals surface area contributed by atoms with Crippen LogP contribution in [-0.4, -0.2) is 0 Å². The Morgan fingerprint density at radius 2 is 1.79 bits per heavy atom. The lowest BCUT2D eigenvalue weighted by Crippen LogP contribution is -3.00.